The SMILES string of the molecule is CCCCC(CN)NS(=O)(=O)N(C)Cc1ccccc1. The van der Waals surface area contributed by atoms with Crippen LogP contribution in [0.4, 0.5) is 0 Å². The first-order chi connectivity index (χ1) is 9.49. The second-order valence-electron chi connectivity index (χ2n) is 4.94. The molecule has 6 heteroatoms. The Bertz CT molecular complexity index is 476. The fraction of sp³-hybridized carbons (Fsp3) is 0.571. The highest BCUT2D eigenvalue weighted by Gasteiger charge is 2.21. The molecule has 5 nitrogen and oxygen atoms in total. The molecule has 1 unspecified atom stereocenters. The number of hydrogen-bond donors (Lipinski definition) is 2. The zero-order valence-electron chi connectivity index (χ0n) is 12.2. The first-order valence-corrected chi connectivity index (χ1v) is 8.41. The van der Waals surface area contributed by atoms with Gasteiger partial charge in [-0.05, 0) is 12.0 Å². The molecule has 0 aliphatic heterocycles. The molecule has 0 radical (unpaired) electrons. The lowest BCUT2D eigenvalue weighted by molar-refractivity contribution is 0.435. The third-order valence-electron chi connectivity index (χ3n) is 3.16. The molecule has 0 saturated carbocycles. The molecule has 1 aromatic carbocycles. The van der Waals surface area contributed by atoms with Crippen molar-refractivity contribution in [3.8, 4) is 0 Å². The van der Waals surface area contributed by atoms with E-state index in [-0.39, 0.29) is 6.04 Å². The van der Waals surface area contributed by atoms with Crippen molar-refractivity contribution in [2.75, 3.05) is 13.6 Å². The molecule has 0 amide bonds. The predicted octanol–water partition coefficient (Wildman–Crippen LogP) is 1.47. The standard InChI is InChI=1S/C14H25N3O2S/c1-3-4-10-14(11-15)16-20(18,19)17(2)12-13-8-6-5-7-9-13/h5-9,14,16H,3-4,10-12,15H2,1-2H3. The van der Waals surface area contributed by atoms with Gasteiger partial charge in [0.2, 0.25) is 0 Å². The van der Waals surface area contributed by atoms with Crippen LogP contribution < -0.4 is 10.5 Å². The zero-order valence-corrected chi connectivity index (χ0v) is 13.1. The Kier molecular flexibility index (Phi) is 7.15. The quantitative estimate of drug-likeness (QED) is 0.725. The summed E-state index contributed by atoms with van der Waals surface area (Å²) >= 11 is 0. The van der Waals surface area contributed by atoms with E-state index in [4.69, 9.17) is 5.73 Å². The van der Waals surface area contributed by atoms with Crippen LogP contribution in [-0.2, 0) is 16.8 Å². The van der Waals surface area contributed by atoms with Crippen LogP contribution in [0.1, 0.15) is 31.7 Å². The van der Waals surface area contributed by atoms with Gasteiger partial charge < -0.3 is 5.73 Å². The number of unbranched alkanes of at least 4 members (excludes halogenated alkanes) is 1. The summed E-state index contributed by atoms with van der Waals surface area (Å²) < 4.78 is 28.4. The molecule has 1 aromatic rings. The highest BCUT2D eigenvalue weighted by Crippen LogP contribution is 2.08. The van der Waals surface area contributed by atoms with E-state index in [9.17, 15) is 8.42 Å². The normalized spacial score (nSPS) is 13.6. The maximum absolute atomic E-state index is 12.2. The maximum Gasteiger partial charge on any atom is 0.279 e. The molecule has 1 rings (SSSR count). The monoisotopic (exact) mass is 299 g/mol. The van der Waals surface area contributed by atoms with Crippen LogP contribution in [0.25, 0.3) is 0 Å². The summed E-state index contributed by atoms with van der Waals surface area (Å²) in [4.78, 5) is 0. The van der Waals surface area contributed by atoms with Crippen molar-refractivity contribution in [3.05, 3.63) is 35.9 Å². The van der Waals surface area contributed by atoms with E-state index < -0.39 is 10.2 Å². The van der Waals surface area contributed by atoms with Gasteiger partial charge in [-0.3, -0.25) is 0 Å². The van der Waals surface area contributed by atoms with Gasteiger partial charge in [-0.25, -0.2) is 0 Å². The van der Waals surface area contributed by atoms with Crippen molar-refractivity contribution in [2.45, 2.75) is 38.8 Å². The summed E-state index contributed by atoms with van der Waals surface area (Å²) in [7, 11) is -1.92. The lowest BCUT2D eigenvalue weighted by atomic mass is 10.1. The first-order valence-electron chi connectivity index (χ1n) is 6.97. The van der Waals surface area contributed by atoms with Crippen LogP contribution in [0, 0.1) is 0 Å². The summed E-state index contributed by atoms with van der Waals surface area (Å²) in [5.74, 6) is 0. The smallest absolute Gasteiger partial charge is 0.279 e. The van der Waals surface area contributed by atoms with E-state index in [1.165, 1.54) is 4.31 Å². The van der Waals surface area contributed by atoms with Crippen molar-refractivity contribution >= 4 is 10.2 Å². The second-order valence-corrected chi connectivity index (χ2v) is 6.75. The van der Waals surface area contributed by atoms with E-state index in [0.29, 0.717) is 13.1 Å². The summed E-state index contributed by atoms with van der Waals surface area (Å²) in [5.41, 5.74) is 6.58. The molecule has 0 aliphatic carbocycles. The summed E-state index contributed by atoms with van der Waals surface area (Å²) in [6.45, 7) is 2.74. The molecule has 3 N–H and O–H groups in total. The first kappa shape index (κ1) is 17.1. The highest BCUT2D eigenvalue weighted by molar-refractivity contribution is 7.87. The summed E-state index contributed by atoms with van der Waals surface area (Å²) in [6, 6.07) is 9.32. The van der Waals surface area contributed by atoms with Crippen LogP contribution in [-0.4, -0.2) is 32.4 Å². The summed E-state index contributed by atoms with van der Waals surface area (Å²) in [5, 5.41) is 0. The summed E-state index contributed by atoms with van der Waals surface area (Å²) in [6.07, 6.45) is 2.76. The molecule has 0 bridgehead atoms. The van der Waals surface area contributed by atoms with E-state index in [1.807, 2.05) is 30.3 Å². The number of hydrogen-bond acceptors (Lipinski definition) is 3. The Balaban J connectivity index is 2.62. The van der Waals surface area contributed by atoms with Gasteiger partial charge in [0.25, 0.3) is 10.2 Å². The minimum absolute atomic E-state index is 0.196. The largest absolute Gasteiger partial charge is 0.329 e. The van der Waals surface area contributed by atoms with E-state index in [0.717, 1.165) is 24.8 Å². The van der Waals surface area contributed by atoms with Crippen molar-refractivity contribution in [3.63, 3.8) is 0 Å². The van der Waals surface area contributed by atoms with Crippen LogP contribution >= 0.6 is 0 Å². The fourth-order valence-corrected chi connectivity index (χ4v) is 3.04. The third kappa shape index (κ3) is 5.58. The average Bonchev–Trinajstić information content (AvgIpc) is 2.44. The minimum atomic E-state index is -3.50. The van der Waals surface area contributed by atoms with Crippen molar-refractivity contribution in [1.82, 2.24) is 9.03 Å². The molecule has 0 aromatic heterocycles. The number of nitrogens with zero attached hydrogens (tertiary/aromatic N) is 1. The van der Waals surface area contributed by atoms with Gasteiger partial charge >= 0.3 is 0 Å². The second kappa shape index (κ2) is 8.36. The minimum Gasteiger partial charge on any atom is -0.329 e. The third-order valence-corrected chi connectivity index (χ3v) is 4.75. The number of nitrogens with one attached hydrogen (secondary N) is 1. The highest BCUT2D eigenvalue weighted by atomic mass is 32.2. The van der Waals surface area contributed by atoms with E-state index in [1.54, 1.807) is 7.05 Å². The van der Waals surface area contributed by atoms with Gasteiger partial charge in [0.1, 0.15) is 0 Å². The van der Waals surface area contributed by atoms with Crippen molar-refractivity contribution in [2.24, 2.45) is 5.73 Å². The van der Waals surface area contributed by atoms with Gasteiger partial charge in [0.15, 0.2) is 0 Å². The maximum atomic E-state index is 12.2. The number of benzene rings is 1. The molecular formula is C14H25N3O2S. The average molecular weight is 299 g/mol. The van der Waals surface area contributed by atoms with E-state index in [2.05, 4.69) is 11.6 Å². The lowest BCUT2D eigenvalue weighted by Crippen LogP contribution is -2.46. The molecule has 0 spiro atoms. The van der Waals surface area contributed by atoms with Gasteiger partial charge in [0.05, 0.1) is 0 Å². The van der Waals surface area contributed by atoms with Gasteiger partial charge in [-0.2, -0.15) is 17.4 Å². The Hall–Kier alpha value is -0.950. The number of nitrogens with two attached hydrogens (primary N) is 1. The molecule has 0 aliphatic rings. The van der Waals surface area contributed by atoms with Crippen molar-refractivity contribution in [1.29, 1.82) is 0 Å². The predicted molar refractivity (Wildman–Crippen MR) is 82.3 cm³/mol. The molecule has 20 heavy (non-hydrogen) atoms. The molecule has 0 fully saturated rings. The molecule has 114 valence electrons. The van der Waals surface area contributed by atoms with Gasteiger partial charge in [0, 0.05) is 26.2 Å². The zero-order chi connectivity index (χ0) is 15.0. The van der Waals surface area contributed by atoms with Crippen LogP contribution in [0.15, 0.2) is 30.3 Å². The van der Waals surface area contributed by atoms with Crippen molar-refractivity contribution < 1.29 is 8.42 Å². The van der Waals surface area contributed by atoms with E-state index >= 15 is 0 Å². The molecule has 0 heterocycles. The molecule has 1 atom stereocenters. The Morgan fingerprint density at radius 3 is 2.50 bits per heavy atom. The Morgan fingerprint density at radius 2 is 1.95 bits per heavy atom. The van der Waals surface area contributed by atoms with Gasteiger partial charge in [-0.1, -0.05) is 50.1 Å². The van der Waals surface area contributed by atoms with Crippen LogP contribution in [0.5, 0.6) is 0 Å². The number of rotatable bonds is 9. The molecule has 0 saturated heterocycles. The van der Waals surface area contributed by atoms with Gasteiger partial charge in [-0.15, -0.1) is 0 Å². The Morgan fingerprint density at radius 1 is 1.30 bits per heavy atom. The van der Waals surface area contributed by atoms with Crippen LogP contribution in [0.3, 0.4) is 0 Å². The topological polar surface area (TPSA) is 75.4 Å². The lowest BCUT2D eigenvalue weighted by Gasteiger charge is -2.22. The Labute approximate surface area is 122 Å². The fourth-order valence-electron chi connectivity index (χ4n) is 1.90. The molecular weight excluding hydrogens is 274 g/mol. The van der Waals surface area contributed by atoms with Crippen LogP contribution in [0.2, 0.25) is 0 Å².